The molecule has 2 aromatic carbocycles. The maximum atomic E-state index is 12.6. The van der Waals surface area contributed by atoms with E-state index in [4.69, 9.17) is 9.47 Å². The summed E-state index contributed by atoms with van der Waals surface area (Å²) in [7, 11) is -0.303. The smallest absolute Gasteiger partial charge is 0.232 e. The Morgan fingerprint density at radius 2 is 1.76 bits per heavy atom. The lowest BCUT2D eigenvalue weighted by Crippen LogP contribution is -2.32. The van der Waals surface area contributed by atoms with Crippen molar-refractivity contribution in [3.8, 4) is 11.5 Å². The van der Waals surface area contributed by atoms with Gasteiger partial charge >= 0.3 is 0 Å². The summed E-state index contributed by atoms with van der Waals surface area (Å²) < 4.78 is 36.7. The molecule has 0 fully saturated rings. The predicted molar refractivity (Wildman–Crippen MR) is 133 cm³/mol. The van der Waals surface area contributed by atoms with E-state index >= 15 is 0 Å². The van der Waals surface area contributed by atoms with Crippen molar-refractivity contribution in [3.63, 3.8) is 0 Å². The first-order valence-electron chi connectivity index (χ1n) is 11.1. The molecule has 1 unspecified atom stereocenters. The van der Waals surface area contributed by atoms with Crippen molar-refractivity contribution in [2.45, 2.75) is 52.5 Å². The van der Waals surface area contributed by atoms with Crippen molar-refractivity contribution < 1.29 is 22.7 Å². The van der Waals surface area contributed by atoms with Gasteiger partial charge in [-0.15, -0.1) is 0 Å². The minimum atomic E-state index is -3.50. The molecule has 0 aliphatic heterocycles. The quantitative estimate of drug-likeness (QED) is 0.514. The van der Waals surface area contributed by atoms with Crippen molar-refractivity contribution in [1.29, 1.82) is 0 Å². The number of rotatable bonds is 11. The first-order chi connectivity index (χ1) is 15.5. The molecule has 1 N–H and O–H groups in total. The van der Waals surface area contributed by atoms with E-state index in [9.17, 15) is 13.2 Å². The maximum Gasteiger partial charge on any atom is 0.232 e. The fourth-order valence-electron chi connectivity index (χ4n) is 3.84. The number of hydrogen-bond donors (Lipinski definition) is 1. The van der Waals surface area contributed by atoms with Crippen molar-refractivity contribution in [2.24, 2.45) is 0 Å². The second kappa shape index (κ2) is 11.4. The normalized spacial score (nSPS) is 12.4. The molecule has 0 saturated heterocycles. The molecule has 182 valence electrons. The number of methoxy groups -OCH3 is 2. The molecule has 0 spiro atoms. The van der Waals surface area contributed by atoms with E-state index in [1.54, 1.807) is 31.4 Å². The van der Waals surface area contributed by atoms with Gasteiger partial charge in [0.15, 0.2) is 0 Å². The lowest BCUT2D eigenvalue weighted by Gasteiger charge is -2.23. The van der Waals surface area contributed by atoms with Crippen LogP contribution in [0.3, 0.4) is 0 Å². The minimum Gasteiger partial charge on any atom is -0.497 e. The Balaban J connectivity index is 2.05. The Morgan fingerprint density at radius 3 is 2.33 bits per heavy atom. The minimum absolute atomic E-state index is 0.122. The highest BCUT2D eigenvalue weighted by Crippen LogP contribution is 2.32. The summed E-state index contributed by atoms with van der Waals surface area (Å²) in [6.45, 7) is 8.37. The van der Waals surface area contributed by atoms with E-state index < -0.39 is 10.0 Å². The van der Waals surface area contributed by atoms with Crippen LogP contribution in [-0.4, -0.2) is 41.3 Å². The molecule has 1 atom stereocenters. The molecular weight excluding hydrogens is 440 g/mol. The van der Waals surface area contributed by atoms with Crippen LogP contribution < -0.4 is 19.1 Å². The van der Waals surface area contributed by atoms with Crippen LogP contribution in [0, 0.1) is 6.92 Å². The predicted octanol–water partition coefficient (Wildman–Crippen LogP) is 4.56. The molecular formula is C25H36N2O5S. The number of benzene rings is 2. The van der Waals surface area contributed by atoms with E-state index in [1.165, 1.54) is 11.4 Å². The summed E-state index contributed by atoms with van der Waals surface area (Å²) >= 11 is 0. The molecule has 0 saturated carbocycles. The van der Waals surface area contributed by atoms with E-state index in [1.807, 2.05) is 19.9 Å². The third kappa shape index (κ3) is 7.12. The highest BCUT2D eigenvalue weighted by atomic mass is 32.2. The fourth-order valence-corrected chi connectivity index (χ4v) is 4.79. The molecule has 8 heteroatoms. The number of ether oxygens (including phenoxy) is 2. The number of carbonyl (C=O) groups is 1. The average molecular weight is 477 g/mol. The lowest BCUT2D eigenvalue weighted by molar-refractivity contribution is -0.121. The molecule has 1 amide bonds. The van der Waals surface area contributed by atoms with Gasteiger partial charge in [-0.3, -0.25) is 9.10 Å². The van der Waals surface area contributed by atoms with Gasteiger partial charge in [0.2, 0.25) is 15.9 Å². The van der Waals surface area contributed by atoms with Gasteiger partial charge in [0.25, 0.3) is 0 Å². The Hall–Kier alpha value is -2.74. The number of nitrogens with zero attached hydrogens (tertiary/aromatic N) is 1. The first kappa shape index (κ1) is 26.5. The summed E-state index contributed by atoms with van der Waals surface area (Å²) in [5, 5.41) is 3.04. The van der Waals surface area contributed by atoms with Crippen molar-refractivity contribution in [1.82, 2.24) is 5.32 Å². The second-order valence-electron chi connectivity index (χ2n) is 8.53. The Labute approximate surface area is 198 Å². The number of aryl methyl sites for hydroxylation is 1. The standard InChI is InChI=1S/C25H36N2O5S/c1-17(2)22-16-23(18(3)14-24(22)32-6)19(4)26-25(28)12-9-13-27(33(7,29)30)20-10-8-11-21(15-20)31-5/h8,10-11,14-17,19H,9,12-13H2,1-7H3,(H,26,28). The number of anilines is 1. The van der Waals surface area contributed by atoms with Gasteiger partial charge in [-0.2, -0.15) is 0 Å². The van der Waals surface area contributed by atoms with Crippen LogP contribution in [0.15, 0.2) is 36.4 Å². The molecule has 2 aromatic rings. The van der Waals surface area contributed by atoms with Crippen LogP contribution in [0.2, 0.25) is 0 Å². The van der Waals surface area contributed by atoms with Gasteiger partial charge in [-0.05, 0) is 67.1 Å². The van der Waals surface area contributed by atoms with Gasteiger partial charge in [0.05, 0.1) is 32.2 Å². The highest BCUT2D eigenvalue weighted by molar-refractivity contribution is 7.92. The van der Waals surface area contributed by atoms with Crippen LogP contribution >= 0.6 is 0 Å². The maximum absolute atomic E-state index is 12.6. The zero-order valence-corrected chi connectivity index (χ0v) is 21.5. The molecule has 0 bridgehead atoms. The Morgan fingerprint density at radius 1 is 1.06 bits per heavy atom. The fraction of sp³-hybridized carbons (Fsp3) is 0.480. The van der Waals surface area contributed by atoms with E-state index in [2.05, 4.69) is 25.2 Å². The van der Waals surface area contributed by atoms with Crippen LogP contribution in [-0.2, 0) is 14.8 Å². The molecule has 0 aliphatic rings. The van der Waals surface area contributed by atoms with Crippen molar-refractivity contribution >= 4 is 21.6 Å². The zero-order valence-electron chi connectivity index (χ0n) is 20.6. The second-order valence-corrected chi connectivity index (χ2v) is 10.4. The third-order valence-corrected chi connectivity index (χ3v) is 6.79. The number of hydrogen-bond acceptors (Lipinski definition) is 5. The van der Waals surface area contributed by atoms with Crippen molar-refractivity contribution in [2.75, 3.05) is 31.3 Å². The zero-order chi connectivity index (χ0) is 24.8. The molecule has 0 aromatic heterocycles. The monoisotopic (exact) mass is 476 g/mol. The average Bonchev–Trinajstić information content (AvgIpc) is 2.75. The van der Waals surface area contributed by atoms with Gasteiger partial charge in [0, 0.05) is 19.0 Å². The number of carbonyl (C=O) groups excluding carboxylic acids is 1. The number of amides is 1. The Bertz CT molecular complexity index is 1070. The SMILES string of the molecule is COc1cccc(N(CCCC(=O)NC(C)c2cc(C(C)C)c(OC)cc2C)S(C)(=O)=O)c1. The number of sulfonamides is 1. The molecule has 2 rings (SSSR count). The molecule has 0 aliphatic carbocycles. The van der Waals surface area contributed by atoms with Gasteiger partial charge in [-0.25, -0.2) is 8.42 Å². The van der Waals surface area contributed by atoms with Crippen molar-refractivity contribution in [3.05, 3.63) is 53.1 Å². The summed E-state index contributed by atoms with van der Waals surface area (Å²) in [5.74, 6) is 1.59. The topological polar surface area (TPSA) is 84.9 Å². The van der Waals surface area contributed by atoms with Crippen LogP contribution in [0.4, 0.5) is 5.69 Å². The Kier molecular flexibility index (Phi) is 9.16. The summed E-state index contributed by atoms with van der Waals surface area (Å²) in [6, 6.07) is 10.8. The molecule has 33 heavy (non-hydrogen) atoms. The highest BCUT2D eigenvalue weighted by Gasteiger charge is 2.20. The van der Waals surface area contributed by atoms with E-state index in [0.717, 1.165) is 28.7 Å². The third-order valence-electron chi connectivity index (χ3n) is 5.59. The first-order valence-corrected chi connectivity index (χ1v) is 12.9. The molecule has 0 radical (unpaired) electrons. The largest absolute Gasteiger partial charge is 0.497 e. The lowest BCUT2D eigenvalue weighted by atomic mass is 9.93. The summed E-state index contributed by atoms with van der Waals surface area (Å²) in [6.07, 6.45) is 1.77. The van der Waals surface area contributed by atoms with Crippen LogP contribution in [0.25, 0.3) is 0 Å². The number of nitrogens with one attached hydrogen (secondary N) is 1. The van der Waals surface area contributed by atoms with E-state index in [0.29, 0.717) is 23.8 Å². The molecule has 7 nitrogen and oxygen atoms in total. The summed E-state index contributed by atoms with van der Waals surface area (Å²) in [4.78, 5) is 12.6. The van der Waals surface area contributed by atoms with Gasteiger partial charge < -0.3 is 14.8 Å². The van der Waals surface area contributed by atoms with Crippen LogP contribution in [0.5, 0.6) is 11.5 Å². The van der Waals surface area contributed by atoms with E-state index in [-0.39, 0.29) is 24.9 Å². The van der Waals surface area contributed by atoms with Gasteiger partial charge in [0.1, 0.15) is 11.5 Å². The van der Waals surface area contributed by atoms with Crippen LogP contribution in [0.1, 0.15) is 62.3 Å². The van der Waals surface area contributed by atoms with Gasteiger partial charge in [-0.1, -0.05) is 19.9 Å². The summed E-state index contributed by atoms with van der Waals surface area (Å²) in [5.41, 5.74) is 3.70. The molecule has 0 heterocycles.